The number of hydrogen-bond donors (Lipinski definition) is 0. The van der Waals surface area contributed by atoms with E-state index in [1.807, 2.05) is 23.1 Å². The Labute approximate surface area is 112 Å². The van der Waals surface area contributed by atoms with Crippen LogP contribution in [0, 0.1) is 11.8 Å². The summed E-state index contributed by atoms with van der Waals surface area (Å²) in [5.41, 5.74) is 2.13. The third-order valence-electron chi connectivity index (χ3n) is 4.67. The van der Waals surface area contributed by atoms with Crippen molar-refractivity contribution >= 4 is 11.6 Å². The highest BCUT2D eigenvalue weighted by Crippen LogP contribution is 2.47. The Kier molecular flexibility index (Phi) is 2.22. The van der Waals surface area contributed by atoms with Gasteiger partial charge in [-0.2, -0.15) is 0 Å². The molecule has 4 nitrogen and oxygen atoms in total. The van der Waals surface area contributed by atoms with Crippen molar-refractivity contribution in [3.8, 4) is 0 Å². The molecule has 1 amide bonds. The molecule has 0 aromatic heterocycles. The first-order valence-electron chi connectivity index (χ1n) is 6.82. The Morgan fingerprint density at radius 3 is 2.89 bits per heavy atom. The van der Waals surface area contributed by atoms with E-state index < -0.39 is 0 Å². The van der Waals surface area contributed by atoms with Gasteiger partial charge < -0.3 is 9.74 Å². The molecule has 98 valence electrons. The number of carbonyl (C=O) groups excluding carboxylic acids is 1. The highest BCUT2D eigenvalue weighted by Gasteiger charge is 2.58. The highest BCUT2D eigenvalue weighted by atomic mass is 16.6. The molecular weight excluding hydrogens is 240 g/mol. The zero-order valence-electron chi connectivity index (χ0n) is 10.8. The van der Waals surface area contributed by atoms with Gasteiger partial charge in [-0.1, -0.05) is 35.5 Å². The van der Waals surface area contributed by atoms with Crippen molar-refractivity contribution < 1.29 is 9.63 Å². The summed E-state index contributed by atoms with van der Waals surface area (Å²) in [5.74, 6) is 0.874. The van der Waals surface area contributed by atoms with Crippen molar-refractivity contribution in [3.63, 3.8) is 0 Å². The van der Waals surface area contributed by atoms with Gasteiger partial charge in [0.25, 0.3) is 0 Å². The van der Waals surface area contributed by atoms with Gasteiger partial charge in [0.1, 0.15) is 6.10 Å². The summed E-state index contributed by atoms with van der Waals surface area (Å²) in [5, 5.41) is 4.30. The number of carbonyl (C=O) groups is 1. The minimum absolute atomic E-state index is 0.172. The number of amides is 1. The van der Waals surface area contributed by atoms with E-state index in [9.17, 15) is 4.79 Å². The number of fused-ring (bicyclic) bond motifs is 5. The number of likely N-dealkylation sites (tertiary alicyclic amines) is 1. The molecule has 0 unspecified atom stereocenters. The molecule has 19 heavy (non-hydrogen) atoms. The molecule has 3 aliphatic rings. The molecule has 2 aliphatic heterocycles. The summed E-state index contributed by atoms with van der Waals surface area (Å²) in [6.07, 6.45) is 1.23. The molecule has 4 heteroatoms. The zero-order valence-corrected chi connectivity index (χ0v) is 10.8. The van der Waals surface area contributed by atoms with E-state index in [1.54, 1.807) is 6.92 Å². The van der Waals surface area contributed by atoms with Crippen LogP contribution in [0.5, 0.6) is 0 Å². The van der Waals surface area contributed by atoms with Crippen molar-refractivity contribution in [1.29, 1.82) is 0 Å². The molecule has 1 aromatic rings. The predicted molar refractivity (Wildman–Crippen MR) is 70.6 cm³/mol. The monoisotopic (exact) mass is 256 g/mol. The Hall–Kier alpha value is -1.84. The molecule has 0 N–H and O–H groups in total. The Morgan fingerprint density at radius 2 is 2.16 bits per heavy atom. The topological polar surface area (TPSA) is 41.9 Å². The molecule has 1 saturated heterocycles. The molecule has 0 spiro atoms. The number of benzene rings is 1. The number of hydrogen-bond acceptors (Lipinski definition) is 3. The first-order valence-corrected chi connectivity index (χ1v) is 6.82. The SMILES string of the molecule is CC(=O)N1C[C@@H]2C[C@H]1[C@H]1C(c3ccccc3)=NO[C@@H]21. The summed E-state index contributed by atoms with van der Waals surface area (Å²) in [7, 11) is 0. The van der Waals surface area contributed by atoms with Crippen LogP contribution in [0.4, 0.5) is 0 Å². The molecule has 4 rings (SSSR count). The normalized spacial score (nSPS) is 35.0. The number of oxime groups is 1. The van der Waals surface area contributed by atoms with Crippen molar-refractivity contribution in [2.75, 3.05) is 6.54 Å². The standard InChI is InChI=1S/C15H16N2O2/c1-9(18)17-8-11-7-12(17)13-14(16-19-15(11)13)10-5-3-2-4-6-10/h2-6,11-13,15H,7-8H2,1H3/t11-,12-,13-,15-/m0/s1. The van der Waals surface area contributed by atoms with E-state index in [0.717, 1.165) is 24.2 Å². The van der Waals surface area contributed by atoms with Crippen LogP contribution in [0.15, 0.2) is 35.5 Å². The van der Waals surface area contributed by atoms with E-state index in [0.29, 0.717) is 5.92 Å². The van der Waals surface area contributed by atoms with Crippen LogP contribution < -0.4 is 0 Å². The van der Waals surface area contributed by atoms with Gasteiger partial charge in [0.05, 0.1) is 11.6 Å². The van der Waals surface area contributed by atoms with Crippen LogP contribution >= 0.6 is 0 Å². The molecule has 1 aliphatic carbocycles. The van der Waals surface area contributed by atoms with Gasteiger partial charge in [0, 0.05) is 25.4 Å². The van der Waals surface area contributed by atoms with E-state index in [-0.39, 0.29) is 24.0 Å². The van der Waals surface area contributed by atoms with Gasteiger partial charge in [-0.15, -0.1) is 0 Å². The van der Waals surface area contributed by atoms with Crippen LogP contribution in [-0.4, -0.2) is 35.2 Å². The Balaban J connectivity index is 1.69. The maximum absolute atomic E-state index is 11.7. The molecule has 1 aromatic carbocycles. The van der Waals surface area contributed by atoms with Gasteiger partial charge in [0.2, 0.25) is 5.91 Å². The molecule has 2 bridgehead atoms. The molecule has 4 atom stereocenters. The average Bonchev–Trinajstić information content (AvgIpc) is 3.10. The highest BCUT2D eigenvalue weighted by molar-refractivity contribution is 6.04. The van der Waals surface area contributed by atoms with Crippen molar-refractivity contribution in [2.24, 2.45) is 17.0 Å². The molecule has 1 saturated carbocycles. The van der Waals surface area contributed by atoms with Gasteiger partial charge in [0.15, 0.2) is 0 Å². The summed E-state index contributed by atoms with van der Waals surface area (Å²) in [6.45, 7) is 2.49. The van der Waals surface area contributed by atoms with Crippen molar-refractivity contribution in [1.82, 2.24) is 4.90 Å². The maximum Gasteiger partial charge on any atom is 0.219 e. The fraction of sp³-hybridized carbons (Fsp3) is 0.467. The average molecular weight is 256 g/mol. The fourth-order valence-electron chi connectivity index (χ4n) is 3.87. The summed E-state index contributed by atoms with van der Waals surface area (Å²) >= 11 is 0. The Morgan fingerprint density at radius 1 is 1.37 bits per heavy atom. The Bertz CT molecular complexity index is 555. The lowest BCUT2D eigenvalue weighted by Gasteiger charge is -2.33. The van der Waals surface area contributed by atoms with E-state index in [1.165, 1.54) is 0 Å². The largest absolute Gasteiger partial charge is 0.391 e. The van der Waals surface area contributed by atoms with Crippen molar-refractivity contribution in [2.45, 2.75) is 25.5 Å². The third-order valence-corrected chi connectivity index (χ3v) is 4.67. The van der Waals surface area contributed by atoms with Crippen LogP contribution in [0.3, 0.4) is 0 Å². The van der Waals surface area contributed by atoms with Crippen molar-refractivity contribution in [3.05, 3.63) is 35.9 Å². The lowest BCUT2D eigenvalue weighted by atomic mass is 9.87. The lowest BCUT2D eigenvalue weighted by Crippen LogP contribution is -2.48. The van der Waals surface area contributed by atoms with Crippen LogP contribution in [0.1, 0.15) is 18.9 Å². The summed E-state index contributed by atoms with van der Waals surface area (Å²) < 4.78 is 0. The first kappa shape index (κ1) is 11.0. The second-order valence-corrected chi connectivity index (χ2v) is 5.67. The van der Waals surface area contributed by atoms with E-state index in [4.69, 9.17) is 4.84 Å². The quantitative estimate of drug-likeness (QED) is 0.766. The minimum atomic E-state index is 0.172. The smallest absolute Gasteiger partial charge is 0.219 e. The third kappa shape index (κ3) is 1.46. The van der Waals surface area contributed by atoms with Crippen LogP contribution in [0.25, 0.3) is 0 Å². The first-order chi connectivity index (χ1) is 9.25. The predicted octanol–water partition coefficient (Wildman–Crippen LogP) is 1.66. The second-order valence-electron chi connectivity index (χ2n) is 5.67. The van der Waals surface area contributed by atoms with Crippen LogP contribution in [-0.2, 0) is 9.63 Å². The number of rotatable bonds is 1. The van der Waals surface area contributed by atoms with Gasteiger partial charge in [-0.25, -0.2) is 0 Å². The molecule has 2 fully saturated rings. The zero-order chi connectivity index (χ0) is 13.0. The van der Waals surface area contributed by atoms with E-state index >= 15 is 0 Å². The molecular formula is C15H16N2O2. The van der Waals surface area contributed by atoms with Gasteiger partial charge in [-0.05, 0) is 12.0 Å². The minimum Gasteiger partial charge on any atom is -0.391 e. The molecule has 2 heterocycles. The summed E-state index contributed by atoms with van der Waals surface area (Å²) in [4.78, 5) is 19.4. The number of nitrogens with zero attached hydrogens (tertiary/aromatic N) is 2. The van der Waals surface area contributed by atoms with Gasteiger partial charge >= 0.3 is 0 Å². The lowest BCUT2D eigenvalue weighted by molar-refractivity contribution is -0.132. The molecule has 0 radical (unpaired) electrons. The van der Waals surface area contributed by atoms with E-state index in [2.05, 4.69) is 17.3 Å². The van der Waals surface area contributed by atoms with Gasteiger partial charge in [-0.3, -0.25) is 4.79 Å². The summed E-state index contributed by atoms with van der Waals surface area (Å²) in [6, 6.07) is 10.4. The number of piperidine rings is 1. The fourth-order valence-corrected chi connectivity index (χ4v) is 3.87. The van der Waals surface area contributed by atoms with Crippen LogP contribution in [0.2, 0.25) is 0 Å². The maximum atomic E-state index is 11.7. The second kappa shape index (κ2) is 3.83.